The summed E-state index contributed by atoms with van der Waals surface area (Å²) in [5, 5.41) is 3.21. The minimum atomic E-state index is -2.88. The zero-order valence-corrected chi connectivity index (χ0v) is 12.7. The first-order valence-corrected chi connectivity index (χ1v) is 8.64. The lowest BCUT2D eigenvalue weighted by Crippen LogP contribution is -2.38. The molecule has 0 amide bonds. The molecule has 0 radical (unpaired) electrons. The van der Waals surface area contributed by atoms with E-state index in [-0.39, 0.29) is 0 Å². The van der Waals surface area contributed by atoms with Gasteiger partial charge in [-0.05, 0) is 40.3 Å². The molecule has 1 atom stereocenters. The van der Waals surface area contributed by atoms with Gasteiger partial charge in [-0.15, -0.1) is 0 Å². The van der Waals surface area contributed by atoms with Gasteiger partial charge >= 0.3 is 7.60 Å². The maximum Gasteiger partial charge on any atom is 0.331 e. The fraction of sp³-hybridized carbons (Fsp3) is 1.00. The van der Waals surface area contributed by atoms with Crippen molar-refractivity contribution in [2.75, 3.05) is 46.1 Å². The molecular formula is C12H27N2O3P. The van der Waals surface area contributed by atoms with Crippen molar-refractivity contribution in [2.45, 2.75) is 32.7 Å². The molecule has 1 unspecified atom stereocenters. The Bertz CT molecular complexity index is 266. The monoisotopic (exact) mass is 278 g/mol. The molecule has 0 spiro atoms. The van der Waals surface area contributed by atoms with Crippen molar-refractivity contribution in [3.63, 3.8) is 0 Å². The third kappa shape index (κ3) is 4.98. The van der Waals surface area contributed by atoms with Crippen molar-refractivity contribution in [2.24, 2.45) is 0 Å². The van der Waals surface area contributed by atoms with Crippen LogP contribution >= 0.6 is 7.60 Å². The van der Waals surface area contributed by atoms with Crippen LogP contribution in [0, 0.1) is 0 Å². The predicted molar refractivity (Wildman–Crippen MR) is 74.2 cm³/mol. The number of likely N-dealkylation sites (tertiary alicyclic amines) is 1. The predicted octanol–water partition coefficient (Wildman–Crippen LogP) is 1.94. The average molecular weight is 278 g/mol. The molecule has 5 nitrogen and oxygen atoms in total. The van der Waals surface area contributed by atoms with Gasteiger partial charge in [-0.3, -0.25) is 9.46 Å². The first-order chi connectivity index (χ1) is 8.65. The van der Waals surface area contributed by atoms with E-state index in [1.54, 1.807) is 0 Å². The number of nitrogens with zero attached hydrogens (tertiary/aromatic N) is 1. The Balaban J connectivity index is 2.43. The van der Waals surface area contributed by atoms with E-state index < -0.39 is 7.60 Å². The highest BCUT2D eigenvalue weighted by atomic mass is 31.2. The first kappa shape index (κ1) is 16.1. The van der Waals surface area contributed by atoms with Crippen LogP contribution in [0.1, 0.15) is 26.7 Å². The van der Waals surface area contributed by atoms with Gasteiger partial charge in [0, 0.05) is 19.1 Å². The molecule has 0 aromatic heterocycles. The van der Waals surface area contributed by atoms with E-state index in [9.17, 15) is 4.57 Å². The van der Waals surface area contributed by atoms with E-state index in [1.165, 1.54) is 12.8 Å². The molecule has 0 aromatic carbocycles. The Kier molecular flexibility index (Phi) is 7.42. The summed E-state index contributed by atoms with van der Waals surface area (Å²) in [6, 6.07) is 0.562. The van der Waals surface area contributed by atoms with E-state index >= 15 is 0 Å². The zero-order valence-electron chi connectivity index (χ0n) is 11.9. The lowest BCUT2D eigenvalue weighted by Gasteiger charge is -2.26. The topological polar surface area (TPSA) is 50.8 Å². The average Bonchev–Trinajstić information content (AvgIpc) is 2.75. The van der Waals surface area contributed by atoms with Crippen LogP contribution in [0.2, 0.25) is 0 Å². The van der Waals surface area contributed by atoms with Crippen LogP contribution in [0.15, 0.2) is 0 Å². The first-order valence-electron chi connectivity index (χ1n) is 6.92. The SMILES string of the molecule is CCOP(=O)(CCN1CCCC1CNC)OCC. The van der Waals surface area contributed by atoms with Gasteiger partial charge in [0.05, 0.1) is 19.4 Å². The summed E-state index contributed by atoms with van der Waals surface area (Å²) in [5.74, 6) is 0. The molecule has 18 heavy (non-hydrogen) atoms. The summed E-state index contributed by atoms with van der Waals surface area (Å²) in [4.78, 5) is 2.39. The van der Waals surface area contributed by atoms with Gasteiger partial charge in [-0.2, -0.15) is 0 Å². The lowest BCUT2D eigenvalue weighted by atomic mass is 10.2. The van der Waals surface area contributed by atoms with E-state index in [2.05, 4.69) is 10.2 Å². The summed E-state index contributed by atoms with van der Waals surface area (Å²) in [6.07, 6.45) is 2.93. The summed E-state index contributed by atoms with van der Waals surface area (Å²) in [6.45, 7) is 7.47. The summed E-state index contributed by atoms with van der Waals surface area (Å²) in [7, 11) is -0.905. The Labute approximate surface area is 111 Å². The molecule has 108 valence electrons. The highest BCUT2D eigenvalue weighted by Gasteiger charge is 2.29. The lowest BCUT2D eigenvalue weighted by molar-refractivity contribution is 0.208. The fourth-order valence-electron chi connectivity index (χ4n) is 2.47. The Hall–Kier alpha value is 0.0700. The van der Waals surface area contributed by atoms with E-state index in [1.807, 2.05) is 20.9 Å². The molecule has 0 aromatic rings. The van der Waals surface area contributed by atoms with Crippen LogP contribution in [-0.2, 0) is 13.6 Å². The van der Waals surface area contributed by atoms with Crippen LogP contribution in [0.4, 0.5) is 0 Å². The molecule has 1 aliphatic heterocycles. The zero-order chi connectivity index (χ0) is 13.4. The van der Waals surface area contributed by atoms with E-state index in [0.29, 0.717) is 25.4 Å². The summed E-state index contributed by atoms with van der Waals surface area (Å²) >= 11 is 0. The third-order valence-electron chi connectivity index (χ3n) is 3.25. The molecule has 1 heterocycles. The van der Waals surface area contributed by atoms with Gasteiger partial charge in [0.15, 0.2) is 0 Å². The number of nitrogens with one attached hydrogen (secondary N) is 1. The quantitative estimate of drug-likeness (QED) is 0.653. The van der Waals surface area contributed by atoms with Crippen molar-refractivity contribution in [1.29, 1.82) is 0 Å². The second-order valence-corrected chi connectivity index (χ2v) is 6.75. The molecule has 1 N–H and O–H groups in total. The number of hydrogen-bond donors (Lipinski definition) is 1. The van der Waals surface area contributed by atoms with Crippen molar-refractivity contribution >= 4 is 7.60 Å². The molecule has 6 heteroatoms. The van der Waals surface area contributed by atoms with Crippen molar-refractivity contribution in [3.8, 4) is 0 Å². The standard InChI is InChI=1S/C12H27N2O3P/c1-4-16-18(15,17-5-2)10-9-14-8-6-7-12(14)11-13-3/h12-13H,4-11H2,1-3H3. The van der Waals surface area contributed by atoms with Crippen molar-refractivity contribution in [3.05, 3.63) is 0 Å². The van der Waals surface area contributed by atoms with Gasteiger partial charge in [0.1, 0.15) is 0 Å². The Morgan fingerprint density at radius 3 is 2.56 bits per heavy atom. The molecule has 0 bridgehead atoms. The van der Waals surface area contributed by atoms with E-state index in [0.717, 1.165) is 19.6 Å². The fourth-order valence-corrected chi connectivity index (χ4v) is 4.09. The van der Waals surface area contributed by atoms with Crippen LogP contribution in [0.25, 0.3) is 0 Å². The molecule has 1 aliphatic rings. The van der Waals surface area contributed by atoms with Crippen LogP contribution < -0.4 is 5.32 Å². The van der Waals surface area contributed by atoms with Gasteiger partial charge < -0.3 is 14.4 Å². The maximum atomic E-state index is 12.3. The number of rotatable bonds is 9. The van der Waals surface area contributed by atoms with E-state index in [4.69, 9.17) is 9.05 Å². The Morgan fingerprint density at radius 1 is 1.33 bits per heavy atom. The van der Waals surface area contributed by atoms with Crippen LogP contribution in [0.5, 0.6) is 0 Å². The molecule has 1 saturated heterocycles. The normalized spacial score (nSPS) is 21.6. The van der Waals surface area contributed by atoms with Crippen LogP contribution in [0.3, 0.4) is 0 Å². The van der Waals surface area contributed by atoms with Gasteiger partial charge in [0.2, 0.25) is 0 Å². The highest BCUT2D eigenvalue weighted by molar-refractivity contribution is 7.53. The summed E-state index contributed by atoms with van der Waals surface area (Å²) < 4.78 is 23.0. The maximum absolute atomic E-state index is 12.3. The highest BCUT2D eigenvalue weighted by Crippen LogP contribution is 2.47. The van der Waals surface area contributed by atoms with Crippen molar-refractivity contribution in [1.82, 2.24) is 10.2 Å². The smallest absolute Gasteiger partial charge is 0.318 e. The largest absolute Gasteiger partial charge is 0.331 e. The second-order valence-electron chi connectivity index (χ2n) is 4.56. The molecular weight excluding hydrogens is 251 g/mol. The molecule has 0 aliphatic carbocycles. The van der Waals surface area contributed by atoms with Crippen molar-refractivity contribution < 1.29 is 13.6 Å². The summed E-state index contributed by atoms with van der Waals surface area (Å²) in [5.41, 5.74) is 0. The third-order valence-corrected chi connectivity index (χ3v) is 5.30. The van der Waals surface area contributed by atoms with Gasteiger partial charge in [0.25, 0.3) is 0 Å². The minimum absolute atomic E-state index is 0.442. The molecule has 1 rings (SSSR count). The molecule has 1 fully saturated rings. The van der Waals surface area contributed by atoms with Crippen LogP contribution in [-0.4, -0.2) is 57.0 Å². The van der Waals surface area contributed by atoms with Gasteiger partial charge in [-0.1, -0.05) is 0 Å². The molecule has 0 saturated carbocycles. The number of hydrogen-bond acceptors (Lipinski definition) is 5. The number of likely N-dealkylation sites (N-methyl/N-ethyl adjacent to an activating group) is 1. The van der Waals surface area contributed by atoms with Gasteiger partial charge in [-0.25, -0.2) is 0 Å². The Morgan fingerprint density at radius 2 is 2.00 bits per heavy atom. The second kappa shape index (κ2) is 8.28. The minimum Gasteiger partial charge on any atom is -0.318 e.